The molecule has 8 atom stereocenters. The molecule has 9 N–H and O–H groups in total. The van der Waals surface area contributed by atoms with Gasteiger partial charge in [0.1, 0.15) is 36.2 Å². The highest BCUT2D eigenvalue weighted by Crippen LogP contribution is 2.34. The number of carbonyl (C=O) groups is 6. The monoisotopic (exact) mass is 928 g/mol. The fourth-order valence-electron chi connectivity index (χ4n) is 8.56. The molecule has 0 spiro atoms. The highest BCUT2D eigenvalue weighted by molar-refractivity contribution is 5.99. The molecule has 1 saturated heterocycles. The van der Waals surface area contributed by atoms with Gasteiger partial charge in [0.25, 0.3) is 0 Å². The van der Waals surface area contributed by atoms with Gasteiger partial charge in [-0.15, -0.1) is 0 Å². The summed E-state index contributed by atoms with van der Waals surface area (Å²) in [6.45, 7) is 6.62. The first-order chi connectivity index (χ1) is 31.5. The quantitative estimate of drug-likeness (QED) is 0.0300. The van der Waals surface area contributed by atoms with Crippen LogP contribution in [0, 0.1) is 0 Å². The van der Waals surface area contributed by atoms with Crippen LogP contribution in [0.4, 0.5) is 0 Å². The van der Waals surface area contributed by atoms with Crippen molar-refractivity contribution in [2.24, 2.45) is 11.5 Å². The van der Waals surface area contributed by atoms with Crippen LogP contribution in [0.15, 0.2) is 0 Å². The molecular formula is C49H90N4O12. The van der Waals surface area contributed by atoms with E-state index in [4.69, 9.17) is 27.1 Å². The lowest BCUT2D eigenvalue weighted by Crippen LogP contribution is -2.77. The summed E-state index contributed by atoms with van der Waals surface area (Å²) in [5, 5.41) is 33.3. The first kappa shape index (κ1) is 57.9. The largest absolute Gasteiger partial charge is 0.481 e. The van der Waals surface area contributed by atoms with Gasteiger partial charge in [0.2, 0.25) is 17.7 Å². The van der Waals surface area contributed by atoms with Gasteiger partial charge in [0.05, 0.1) is 12.6 Å². The molecule has 0 aliphatic carbocycles. The van der Waals surface area contributed by atoms with Crippen LogP contribution >= 0.6 is 0 Å². The molecule has 378 valence electrons. The third kappa shape index (κ3) is 25.5. The van der Waals surface area contributed by atoms with Gasteiger partial charge in [-0.1, -0.05) is 162 Å². The van der Waals surface area contributed by atoms with Gasteiger partial charge in [-0.2, -0.15) is 0 Å². The van der Waals surface area contributed by atoms with Crippen molar-refractivity contribution < 1.29 is 59.7 Å². The van der Waals surface area contributed by atoms with Gasteiger partial charge in [0, 0.05) is 32.8 Å². The summed E-state index contributed by atoms with van der Waals surface area (Å²) >= 11 is 0. The number of carbonyl (C=O) groups excluding carboxylic acids is 4. The summed E-state index contributed by atoms with van der Waals surface area (Å²) in [7, 11) is 0. The highest BCUT2D eigenvalue weighted by Gasteiger charge is 2.58. The summed E-state index contributed by atoms with van der Waals surface area (Å²) in [5.74, 6) is -6.59. The molecule has 1 fully saturated rings. The smallest absolute Gasteiger partial charge is 0.332 e. The number of nitrogens with two attached hydrogens (primary N) is 2. The van der Waals surface area contributed by atoms with Gasteiger partial charge in [0.15, 0.2) is 13.1 Å². The minimum Gasteiger partial charge on any atom is -0.481 e. The van der Waals surface area contributed by atoms with E-state index >= 15 is 0 Å². The molecule has 1 rings (SSSR count). The van der Waals surface area contributed by atoms with E-state index in [9.17, 15) is 44.1 Å². The van der Waals surface area contributed by atoms with E-state index in [0.29, 0.717) is 19.3 Å². The van der Waals surface area contributed by atoms with E-state index in [2.05, 4.69) is 19.2 Å². The van der Waals surface area contributed by atoms with E-state index in [1.165, 1.54) is 103 Å². The molecule has 0 bridgehead atoms. The summed E-state index contributed by atoms with van der Waals surface area (Å²) < 4.78 is 27.2. The predicted molar refractivity (Wildman–Crippen MR) is 251 cm³/mol. The van der Waals surface area contributed by atoms with Crippen LogP contribution in [0.25, 0.3) is 0 Å². The molecule has 0 aromatic heterocycles. The van der Waals surface area contributed by atoms with Crippen molar-refractivity contribution in [3.8, 4) is 0 Å². The molecule has 0 radical (unpaired) electrons. The normalized spacial score (nSPS) is 20.6. The Hall–Kier alpha value is -3.18. The fraction of sp³-hybridized carbons (Fsp3) is 0.878. The second kappa shape index (κ2) is 35.9. The van der Waals surface area contributed by atoms with Crippen molar-refractivity contribution in [3.63, 3.8) is 0 Å². The van der Waals surface area contributed by atoms with Gasteiger partial charge in [-0.25, -0.2) is 4.79 Å². The minimum atomic E-state index is -2.64. The maximum absolute atomic E-state index is 14.8. The number of aliphatic hydroxyl groups excluding tert-OH is 1. The number of primary amides is 1. The number of carboxylic acid groups (broad SMARTS) is 2. The van der Waals surface area contributed by atoms with Crippen LogP contribution in [0.1, 0.15) is 214 Å². The number of hydrogen-bond donors (Lipinski definition) is 7. The zero-order chi connectivity index (χ0) is 49.3. The predicted octanol–water partition coefficient (Wildman–Crippen LogP) is 7.17. The molecular weight excluding hydrogens is 837 g/mol. The van der Waals surface area contributed by atoms with Crippen molar-refractivity contribution in [2.45, 2.75) is 262 Å². The SMILES string of the molecule is [2H]N(C(C)=O)[C@@](CC(=O)CCCCCCCCCCCCCCC)(C(=O)N[C@@H](CCC(=O)O)C(N)=O)C1O[C@H](COCCCCCCCCCCCCCC)[C@@H](O)[C@H](O[C@H](C)C(=O)O)[C@H]1N. The van der Waals surface area contributed by atoms with Gasteiger partial charge in [-0.05, 0) is 26.2 Å². The highest BCUT2D eigenvalue weighted by atomic mass is 16.6. The number of hydrogen-bond acceptors (Lipinski definition) is 11. The number of unbranched alkanes of at least 4 members (excludes halogenated alkanes) is 23. The van der Waals surface area contributed by atoms with Gasteiger partial charge in [-0.3, -0.25) is 24.0 Å². The van der Waals surface area contributed by atoms with Crippen molar-refractivity contribution >= 4 is 35.4 Å². The van der Waals surface area contributed by atoms with Crippen LogP contribution in [-0.2, 0) is 43.0 Å². The lowest BCUT2D eigenvalue weighted by molar-refractivity contribution is -0.231. The first-order valence-corrected chi connectivity index (χ1v) is 25.2. The van der Waals surface area contributed by atoms with E-state index in [0.717, 1.165) is 51.9 Å². The Morgan fingerprint density at radius 2 is 1.20 bits per heavy atom. The molecule has 65 heavy (non-hydrogen) atoms. The average Bonchev–Trinajstić information content (AvgIpc) is 3.27. The van der Waals surface area contributed by atoms with Crippen LogP contribution in [-0.4, -0.2) is 112 Å². The number of aliphatic carboxylic acids is 2. The number of rotatable bonds is 42. The number of ether oxygens (including phenoxy) is 3. The van der Waals surface area contributed by atoms with Crippen molar-refractivity contribution in [2.75, 3.05) is 13.2 Å². The Kier molecular flexibility index (Phi) is 32.0. The van der Waals surface area contributed by atoms with Gasteiger partial charge < -0.3 is 51.6 Å². The third-order valence-electron chi connectivity index (χ3n) is 12.4. The van der Waals surface area contributed by atoms with Crippen molar-refractivity contribution in [1.29, 1.82) is 0 Å². The number of Topliss-reactive ketones (excluding diaryl/α,β-unsaturated/α-hetero) is 1. The van der Waals surface area contributed by atoms with E-state index in [-0.39, 0.29) is 24.9 Å². The molecule has 1 aliphatic rings. The van der Waals surface area contributed by atoms with E-state index in [1.54, 1.807) is 0 Å². The average molecular weight is 928 g/mol. The Bertz CT molecular complexity index is 1390. The molecule has 1 aliphatic heterocycles. The Labute approximate surface area is 391 Å². The summed E-state index contributed by atoms with van der Waals surface area (Å²) in [4.78, 5) is 78.1. The second-order valence-corrected chi connectivity index (χ2v) is 18.3. The summed E-state index contributed by atoms with van der Waals surface area (Å²) in [5.41, 5.74) is 9.68. The maximum Gasteiger partial charge on any atom is 0.332 e. The van der Waals surface area contributed by atoms with Crippen molar-refractivity contribution in [1.82, 2.24) is 10.6 Å². The molecule has 0 aromatic rings. The zero-order valence-electron chi connectivity index (χ0n) is 41.6. The molecule has 0 saturated carbocycles. The van der Waals surface area contributed by atoms with Crippen molar-refractivity contribution in [3.05, 3.63) is 0 Å². The fourth-order valence-corrected chi connectivity index (χ4v) is 8.56. The van der Waals surface area contributed by atoms with Gasteiger partial charge >= 0.3 is 11.9 Å². The standard InChI is InChI=1S/C49H90N4O12/c1-5-7-9-11-13-15-17-19-20-22-24-26-28-30-38(55)34-49(53-37(4)54,48(62)52-39(46(51)59)31-32-41(56)57)45-42(50)44(64-36(3)47(60)61)43(58)40(65-45)35-63-33-29-27-25-23-21-18-16-14-12-10-8-6-2/h36,39-40,42-45,58H,5-35,50H2,1-4H3,(H2,51,59)(H,52,62)(H,53,54)(H,56,57)(H,60,61)/t36-,39+,40-,42-,43-,44-,45?,49-/m1/s1/i/hD. The first-order valence-electron chi connectivity index (χ1n) is 25.7. The Morgan fingerprint density at radius 1 is 0.738 bits per heavy atom. The minimum absolute atomic E-state index is 0.0387. The molecule has 1 unspecified atom stereocenters. The van der Waals surface area contributed by atoms with Crippen LogP contribution in [0.3, 0.4) is 0 Å². The third-order valence-corrected chi connectivity index (χ3v) is 12.4. The second-order valence-electron chi connectivity index (χ2n) is 18.3. The number of carboxylic acids is 2. The number of nitrogens with one attached hydrogen (secondary N) is 2. The molecule has 16 heteroatoms. The van der Waals surface area contributed by atoms with Crippen LogP contribution in [0.2, 0.25) is 1.41 Å². The molecule has 16 nitrogen and oxygen atoms in total. The number of ketones is 1. The molecule has 3 amide bonds. The topological polar surface area (TPSA) is 267 Å². The zero-order valence-corrected chi connectivity index (χ0v) is 40.6. The number of amides is 3. The van der Waals surface area contributed by atoms with E-state index < -0.39 is 103 Å². The molecule has 0 aromatic carbocycles. The number of aliphatic hydroxyl groups is 1. The lowest BCUT2D eigenvalue weighted by atomic mass is 9.76. The lowest BCUT2D eigenvalue weighted by Gasteiger charge is -2.50. The summed E-state index contributed by atoms with van der Waals surface area (Å²) in [6.07, 6.45) is 18.0. The Balaban J connectivity index is 3.31. The maximum atomic E-state index is 14.8. The molecule has 1 heterocycles. The summed E-state index contributed by atoms with van der Waals surface area (Å²) in [6, 6.07) is -3.24. The Morgan fingerprint density at radius 3 is 1.63 bits per heavy atom. The van der Waals surface area contributed by atoms with Crippen LogP contribution in [0.5, 0.6) is 0 Å². The van der Waals surface area contributed by atoms with Crippen LogP contribution < -0.4 is 22.1 Å². The van der Waals surface area contributed by atoms with E-state index in [1.807, 2.05) is 0 Å².